The van der Waals surface area contributed by atoms with E-state index in [4.69, 9.17) is 23.2 Å². The number of halogens is 8. The van der Waals surface area contributed by atoms with Gasteiger partial charge in [0, 0.05) is 23.2 Å². The summed E-state index contributed by atoms with van der Waals surface area (Å²) in [4.78, 5) is 13.3. The number of benzene rings is 2. The van der Waals surface area contributed by atoms with Gasteiger partial charge in [-0.3, -0.25) is 4.79 Å². The van der Waals surface area contributed by atoms with Crippen molar-refractivity contribution >= 4 is 46.7 Å². The van der Waals surface area contributed by atoms with Gasteiger partial charge in [0.1, 0.15) is 11.9 Å². The van der Waals surface area contributed by atoms with Crippen molar-refractivity contribution in [2.75, 3.05) is 5.32 Å². The molecule has 37 heavy (non-hydrogen) atoms. The highest BCUT2D eigenvalue weighted by molar-refractivity contribution is 8.00. The first-order chi connectivity index (χ1) is 17.2. The number of fused-ring (bicyclic) bond motifs is 1. The molecule has 2 N–H and O–H groups in total. The molecule has 0 bridgehead atoms. The number of amides is 1. The van der Waals surface area contributed by atoms with E-state index in [0.717, 1.165) is 10.7 Å². The fourth-order valence-electron chi connectivity index (χ4n) is 3.78. The van der Waals surface area contributed by atoms with Gasteiger partial charge in [-0.05, 0) is 54.1 Å². The van der Waals surface area contributed by atoms with Crippen molar-refractivity contribution in [3.63, 3.8) is 0 Å². The predicted octanol–water partition coefficient (Wildman–Crippen LogP) is 7.43. The molecule has 0 saturated heterocycles. The molecule has 1 aliphatic heterocycles. The first kappa shape index (κ1) is 27.2. The maximum atomic E-state index is 13.4. The summed E-state index contributed by atoms with van der Waals surface area (Å²) in [6.45, 7) is 1.49. The number of rotatable bonds is 5. The third-order valence-corrected chi connectivity index (χ3v) is 6.86. The van der Waals surface area contributed by atoms with Crippen molar-refractivity contribution in [2.24, 2.45) is 0 Å². The smallest absolute Gasteiger partial charge is 0.348 e. The van der Waals surface area contributed by atoms with E-state index >= 15 is 0 Å². The second kappa shape index (κ2) is 10.1. The van der Waals surface area contributed by atoms with Gasteiger partial charge in [-0.15, -0.1) is 0 Å². The molecule has 2 heterocycles. The van der Waals surface area contributed by atoms with Crippen LogP contribution < -0.4 is 10.6 Å². The average Bonchev–Trinajstić information content (AvgIpc) is 3.22. The Balaban J connectivity index is 1.64. The summed E-state index contributed by atoms with van der Waals surface area (Å²) < 4.78 is 78.9. The predicted molar refractivity (Wildman–Crippen MR) is 128 cm³/mol. The van der Waals surface area contributed by atoms with Crippen LogP contribution in [0.25, 0.3) is 0 Å². The largest absolute Gasteiger partial charge is 0.446 e. The number of allylic oxidation sites excluding steroid dienone is 1. The maximum Gasteiger partial charge on any atom is 0.446 e. The fourth-order valence-corrected chi connectivity index (χ4v) is 4.63. The van der Waals surface area contributed by atoms with Crippen LogP contribution in [0.5, 0.6) is 0 Å². The van der Waals surface area contributed by atoms with Crippen molar-refractivity contribution in [1.29, 1.82) is 0 Å². The van der Waals surface area contributed by atoms with E-state index in [1.165, 1.54) is 49.4 Å². The van der Waals surface area contributed by atoms with Gasteiger partial charge in [-0.1, -0.05) is 41.4 Å². The quantitative estimate of drug-likeness (QED) is 0.243. The molecule has 196 valence electrons. The Labute approximate surface area is 220 Å². The van der Waals surface area contributed by atoms with Crippen LogP contribution in [0.4, 0.5) is 32.2 Å². The lowest BCUT2D eigenvalue weighted by Crippen LogP contribution is -2.34. The Hall–Kier alpha value is -2.83. The molecule has 1 unspecified atom stereocenters. The van der Waals surface area contributed by atoms with Crippen LogP contribution >= 0.6 is 35.0 Å². The average molecular weight is 581 g/mol. The molecule has 0 radical (unpaired) electrons. The van der Waals surface area contributed by atoms with E-state index in [-0.39, 0.29) is 50.3 Å². The van der Waals surface area contributed by atoms with Gasteiger partial charge in [0.25, 0.3) is 5.91 Å². The van der Waals surface area contributed by atoms with Gasteiger partial charge in [0.15, 0.2) is 5.69 Å². The number of alkyl halides is 6. The van der Waals surface area contributed by atoms with Gasteiger partial charge in [-0.25, -0.2) is 4.68 Å². The van der Waals surface area contributed by atoms with Gasteiger partial charge < -0.3 is 10.6 Å². The van der Waals surface area contributed by atoms with Crippen LogP contribution in [0.3, 0.4) is 0 Å². The second-order valence-electron chi connectivity index (χ2n) is 7.97. The molecule has 3 aromatic rings. The van der Waals surface area contributed by atoms with Gasteiger partial charge >= 0.3 is 11.7 Å². The third kappa shape index (κ3) is 6.19. The molecule has 1 aromatic heterocycles. The van der Waals surface area contributed by atoms with Crippen LogP contribution in [0.15, 0.2) is 64.7 Å². The van der Waals surface area contributed by atoms with Crippen molar-refractivity contribution in [1.82, 2.24) is 15.1 Å². The standard InChI is InChI=1S/C23H16Cl2F6N4OS/c1-11-19(21(36)32-10-12-2-5-14(6-3-12)37-23(29,30)31)20(13-4-7-15(24)16(25)8-13)35-18(33-11)9-17(34-35)22(26,27)28/h2-9,20,33H,10H2,1H3,(H,32,36). The summed E-state index contributed by atoms with van der Waals surface area (Å²) in [6, 6.07) is 9.62. The zero-order chi connectivity index (χ0) is 27.1. The Kier molecular flexibility index (Phi) is 7.46. The Morgan fingerprint density at radius 3 is 2.32 bits per heavy atom. The van der Waals surface area contributed by atoms with Gasteiger partial charge in [0.2, 0.25) is 0 Å². The molecule has 5 nitrogen and oxygen atoms in total. The molecule has 0 spiro atoms. The molecule has 14 heteroatoms. The van der Waals surface area contributed by atoms with Crippen LogP contribution in [0.1, 0.15) is 29.8 Å². The Bertz CT molecular complexity index is 1370. The zero-order valence-corrected chi connectivity index (χ0v) is 21.0. The molecule has 2 aromatic carbocycles. The molecular weight excluding hydrogens is 565 g/mol. The molecule has 0 saturated carbocycles. The van der Waals surface area contributed by atoms with E-state index in [0.29, 0.717) is 11.1 Å². The summed E-state index contributed by atoms with van der Waals surface area (Å²) in [7, 11) is 0. The second-order valence-corrected chi connectivity index (χ2v) is 9.92. The fraction of sp³-hybridized carbons (Fsp3) is 0.217. The van der Waals surface area contributed by atoms with Crippen LogP contribution in [0.2, 0.25) is 10.0 Å². The van der Waals surface area contributed by atoms with Crippen molar-refractivity contribution in [3.8, 4) is 0 Å². The molecule has 1 atom stereocenters. The third-order valence-electron chi connectivity index (χ3n) is 5.38. The lowest BCUT2D eigenvalue weighted by molar-refractivity contribution is -0.141. The normalized spacial score (nSPS) is 15.9. The van der Waals surface area contributed by atoms with E-state index in [1.54, 1.807) is 0 Å². The van der Waals surface area contributed by atoms with Crippen molar-refractivity contribution in [3.05, 3.63) is 86.7 Å². The maximum absolute atomic E-state index is 13.4. The number of nitrogens with zero attached hydrogens (tertiary/aromatic N) is 2. The molecule has 0 aliphatic carbocycles. The molecule has 0 fully saturated rings. The zero-order valence-electron chi connectivity index (χ0n) is 18.6. The summed E-state index contributed by atoms with van der Waals surface area (Å²) in [5, 5.41) is 9.51. The van der Waals surface area contributed by atoms with Crippen LogP contribution in [-0.4, -0.2) is 21.2 Å². The number of hydrogen-bond donors (Lipinski definition) is 2. The molecular formula is C23H16Cl2F6N4OS. The highest BCUT2D eigenvalue weighted by Crippen LogP contribution is 2.41. The lowest BCUT2D eigenvalue weighted by atomic mass is 9.94. The Morgan fingerprint density at radius 2 is 1.73 bits per heavy atom. The van der Waals surface area contributed by atoms with Gasteiger partial charge in [-0.2, -0.15) is 31.4 Å². The summed E-state index contributed by atoms with van der Waals surface area (Å²) >= 11 is 11.9. The monoisotopic (exact) mass is 580 g/mol. The highest BCUT2D eigenvalue weighted by atomic mass is 35.5. The Morgan fingerprint density at radius 1 is 1.05 bits per heavy atom. The number of aromatic nitrogens is 2. The minimum absolute atomic E-state index is 0.0102. The lowest BCUT2D eigenvalue weighted by Gasteiger charge is -2.30. The first-order valence-electron chi connectivity index (χ1n) is 10.5. The van der Waals surface area contributed by atoms with Crippen LogP contribution in [0, 0.1) is 0 Å². The summed E-state index contributed by atoms with van der Waals surface area (Å²) in [5.74, 6) is -0.597. The first-order valence-corrected chi connectivity index (χ1v) is 12.0. The van der Waals surface area contributed by atoms with E-state index in [2.05, 4.69) is 15.7 Å². The summed E-state index contributed by atoms with van der Waals surface area (Å²) in [5.41, 5.74) is -4.33. The molecule has 1 amide bonds. The van der Waals surface area contributed by atoms with Gasteiger partial charge in [0.05, 0.1) is 15.6 Å². The number of thioether (sulfide) groups is 1. The number of hydrogen-bond acceptors (Lipinski definition) is 4. The number of carbonyl (C=O) groups excluding carboxylic acids is 1. The topological polar surface area (TPSA) is 59.0 Å². The van der Waals surface area contributed by atoms with E-state index in [1.807, 2.05) is 0 Å². The number of nitrogens with one attached hydrogen (secondary N) is 2. The number of anilines is 1. The van der Waals surface area contributed by atoms with Crippen molar-refractivity contribution in [2.45, 2.75) is 36.1 Å². The van der Waals surface area contributed by atoms with Crippen LogP contribution in [-0.2, 0) is 17.5 Å². The van der Waals surface area contributed by atoms with E-state index < -0.39 is 29.3 Å². The minimum atomic E-state index is -4.72. The molecule has 1 aliphatic rings. The SMILES string of the molecule is CC1=C(C(=O)NCc2ccc(SC(F)(F)F)cc2)C(c2ccc(Cl)c(Cl)c2)n2nc(C(F)(F)F)cc2N1. The highest BCUT2D eigenvalue weighted by Gasteiger charge is 2.39. The molecule has 4 rings (SSSR count). The summed E-state index contributed by atoms with van der Waals surface area (Å²) in [6.07, 6.45) is -4.72. The number of carbonyl (C=O) groups is 1. The minimum Gasteiger partial charge on any atom is -0.348 e. The van der Waals surface area contributed by atoms with Crippen molar-refractivity contribution < 1.29 is 31.1 Å². The van der Waals surface area contributed by atoms with E-state index in [9.17, 15) is 31.1 Å².